The monoisotopic (exact) mass is 417 g/mol. The van der Waals surface area contributed by atoms with Gasteiger partial charge in [-0.1, -0.05) is 31.4 Å². The van der Waals surface area contributed by atoms with E-state index >= 15 is 0 Å². The molecule has 8 heteroatoms. The largest absolute Gasteiger partial charge is 0.452 e. The highest BCUT2D eigenvalue weighted by atomic mass is 32.2. The van der Waals surface area contributed by atoms with E-state index in [-0.39, 0.29) is 17.4 Å². The number of nitrogens with one attached hydrogen (secondary N) is 1. The molecule has 0 radical (unpaired) electrons. The zero-order valence-corrected chi connectivity index (χ0v) is 17.7. The van der Waals surface area contributed by atoms with Crippen LogP contribution in [-0.4, -0.2) is 53.4 Å². The summed E-state index contributed by atoms with van der Waals surface area (Å²) in [5, 5.41) is 11.6. The highest BCUT2D eigenvalue weighted by Gasteiger charge is 2.23. The summed E-state index contributed by atoms with van der Waals surface area (Å²) in [7, 11) is 1.82. The molecule has 29 heavy (non-hydrogen) atoms. The molecule has 0 saturated heterocycles. The summed E-state index contributed by atoms with van der Waals surface area (Å²) in [6.45, 7) is 1.47. The first kappa shape index (κ1) is 22.8. The number of ether oxygens (including phenoxy) is 1. The molecule has 0 spiro atoms. The molecule has 1 aliphatic carbocycles. The molecule has 2 rings (SSSR count). The van der Waals surface area contributed by atoms with Crippen molar-refractivity contribution in [2.45, 2.75) is 51.2 Å². The summed E-state index contributed by atoms with van der Waals surface area (Å²) in [6.07, 6.45) is 4.61. The number of anilines is 1. The number of amides is 2. The van der Waals surface area contributed by atoms with Gasteiger partial charge >= 0.3 is 5.97 Å². The fraction of sp³-hybridized carbons (Fsp3) is 0.524. The number of hydrogen-bond donors (Lipinski definition) is 1. The Morgan fingerprint density at radius 2 is 1.93 bits per heavy atom. The molecule has 0 unspecified atom stereocenters. The highest BCUT2D eigenvalue weighted by molar-refractivity contribution is 8.00. The summed E-state index contributed by atoms with van der Waals surface area (Å²) in [5.74, 6) is -0.860. The maximum absolute atomic E-state index is 12.3. The second-order valence-electron chi connectivity index (χ2n) is 7.07. The molecule has 156 valence electrons. The standard InChI is InChI=1S/C21H27N3O4S/c1-15(21(27)23-18-11-7-6-8-16(18)12-22)28-20(26)14-29-13-19(25)24(2)17-9-4-3-5-10-17/h6-8,11,15,17H,3-5,9-10,13-14H2,1-2H3,(H,23,27)/t15-/m1/s1. The van der Waals surface area contributed by atoms with E-state index in [1.54, 1.807) is 29.2 Å². The van der Waals surface area contributed by atoms with Crippen molar-refractivity contribution in [3.63, 3.8) is 0 Å². The van der Waals surface area contributed by atoms with Crippen molar-refractivity contribution in [2.75, 3.05) is 23.9 Å². The lowest BCUT2D eigenvalue weighted by Crippen LogP contribution is -2.39. The van der Waals surface area contributed by atoms with E-state index in [0.29, 0.717) is 17.3 Å². The van der Waals surface area contributed by atoms with Gasteiger partial charge < -0.3 is 15.0 Å². The van der Waals surface area contributed by atoms with Crippen LogP contribution in [0.2, 0.25) is 0 Å². The minimum absolute atomic E-state index is 0.00332. The van der Waals surface area contributed by atoms with Crippen LogP contribution in [0.1, 0.15) is 44.6 Å². The second kappa shape index (κ2) is 11.5. The SMILES string of the molecule is C[C@@H](OC(=O)CSCC(=O)N(C)C1CCCCC1)C(=O)Nc1ccccc1C#N. The fourth-order valence-electron chi connectivity index (χ4n) is 3.20. The fourth-order valence-corrected chi connectivity index (χ4v) is 3.92. The maximum Gasteiger partial charge on any atom is 0.316 e. The molecule has 1 aromatic rings. The van der Waals surface area contributed by atoms with Gasteiger partial charge in [-0.05, 0) is 31.9 Å². The zero-order valence-electron chi connectivity index (χ0n) is 16.8. The molecule has 1 atom stereocenters. The van der Waals surface area contributed by atoms with Crippen LogP contribution in [0.3, 0.4) is 0 Å². The molecular formula is C21H27N3O4S. The van der Waals surface area contributed by atoms with Crippen molar-refractivity contribution in [3.8, 4) is 6.07 Å². The minimum atomic E-state index is -1.00. The molecule has 1 aromatic carbocycles. The first-order valence-electron chi connectivity index (χ1n) is 9.75. The first-order chi connectivity index (χ1) is 13.9. The molecule has 0 aromatic heterocycles. The van der Waals surface area contributed by atoms with Crippen LogP contribution in [0.4, 0.5) is 5.69 Å². The number of nitrogens with zero attached hydrogens (tertiary/aromatic N) is 2. The summed E-state index contributed by atoms with van der Waals surface area (Å²) in [4.78, 5) is 38.3. The van der Waals surface area contributed by atoms with Gasteiger partial charge in [-0.25, -0.2) is 0 Å². The van der Waals surface area contributed by atoms with Gasteiger partial charge in [0.05, 0.1) is 22.8 Å². The Balaban J connectivity index is 1.72. The third-order valence-corrected chi connectivity index (χ3v) is 5.83. The third-order valence-electron chi connectivity index (χ3n) is 4.94. The zero-order chi connectivity index (χ0) is 21.2. The van der Waals surface area contributed by atoms with Crippen LogP contribution < -0.4 is 5.32 Å². The molecule has 1 saturated carbocycles. The molecule has 1 N–H and O–H groups in total. The Kier molecular flexibility index (Phi) is 9.00. The van der Waals surface area contributed by atoms with Crippen molar-refractivity contribution < 1.29 is 19.1 Å². The quantitative estimate of drug-likeness (QED) is 0.653. The van der Waals surface area contributed by atoms with Gasteiger partial charge in [-0.15, -0.1) is 11.8 Å². The van der Waals surface area contributed by atoms with Gasteiger partial charge in [-0.2, -0.15) is 5.26 Å². The third kappa shape index (κ3) is 7.09. The molecular weight excluding hydrogens is 390 g/mol. The van der Waals surface area contributed by atoms with Crippen LogP contribution in [-0.2, 0) is 19.1 Å². The second-order valence-corrected chi connectivity index (χ2v) is 8.05. The van der Waals surface area contributed by atoms with Gasteiger partial charge in [0.1, 0.15) is 6.07 Å². The summed E-state index contributed by atoms with van der Waals surface area (Å²) in [5.41, 5.74) is 0.698. The van der Waals surface area contributed by atoms with E-state index in [2.05, 4.69) is 5.32 Å². The predicted molar refractivity (Wildman–Crippen MR) is 112 cm³/mol. The normalized spacial score (nSPS) is 15.1. The number of rotatable bonds is 8. The Morgan fingerprint density at radius 3 is 2.62 bits per heavy atom. The average molecular weight is 418 g/mol. The van der Waals surface area contributed by atoms with Crippen molar-refractivity contribution in [1.29, 1.82) is 5.26 Å². The minimum Gasteiger partial charge on any atom is -0.452 e. The lowest BCUT2D eigenvalue weighted by atomic mass is 9.94. The van der Waals surface area contributed by atoms with Crippen LogP contribution in [0, 0.1) is 11.3 Å². The van der Waals surface area contributed by atoms with Gasteiger partial charge in [0.25, 0.3) is 5.91 Å². The van der Waals surface area contributed by atoms with Gasteiger partial charge in [-0.3, -0.25) is 14.4 Å². The molecule has 1 fully saturated rings. The summed E-state index contributed by atoms with van der Waals surface area (Å²) < 4.78 is 5.14. The number of thioether (sulfide) groups is 1. The molecule has 0 aliphatic heterocycles. The first-order valence-corrected chi connectivity index (χ1v) is 10.9. The Hall–Kier alpha value is -2.53. The maximum atomic E-state index is 12.3. The molecule has 2 amide bonds. The molecule has 7 nitrogen and oxygen atoms in total. The van der Waals surface area contributed by atoms with Gasteiger partial charge in [0, 0.05) is 13.1 Å². The number of carbonyl (C=O) groups excluding carboxylic acids is 3. The van der Waals surface area contributed by atoms with E-state index in [4.69, 9.17) is 10.00 Å². The summed E-state index contributed by atoms with van der Waals surface area (Å²) >= 11 is 1.19. The number of esters is 1. The van der Waals surface area contributed by atoms with E-state index in [9.17, 15) is 14.4 Å². The van der Waals surface area contributed by atoms with Crippen molar-refractivity contribution in [1.82, 2.24) is 4.90 Å². The van der Waals surface area contributed by atoms with Gasteiger partial charge in [0.15, 0.2) is 6.10 Å². The molecule has 1 aliphatic rings. The number of carbonyl (C=O) groups is 3. The van der Waals surface area contributed by atoms with Crippen LogP contribution in [0.25, 0.3) is 0 Å². The number of nitriles is 1. The lowest BCUT2D eigenvalue weighted by Gasteiger charge is -2.31. The van der Waals surface area contributed by atoms with Crippen LogP contribution >= 0.6 is 11.8 Å². The highest BCUT2D eigenvalue weighted by Crippen LogP contribution is 2.22. The van der Waals surface area contributed by atoms with Crippen molar-refractivity contribution >= 4 is 35.2 Å². The number of hydrogen-bond acceptors (Lipinski definition) is 6. The molecule has 0 heterocycles. The van der Waals surface area contributed by atoms with Crippen molar-refractivity contribution in [2.24, 2.45) is 0 Å². The van der Waals surface area contributed by atoms with E-state index in [1.165, 1.54) is 25.1 Å². The lowest BCUT2D eigenvalue weighted by molar-refractivity contribution is -0.150. The van der Waals surface area contributed by atoms with E-state index in [0.717, 1.165) is 25.7 Å². The molecule has 0 bridgehead atoms. The van der Waals surface area contributed by atoms with Gasteiger partial charge in [0.2, 0.25) is 5.91 Å². The number of benzene rings is 1. The van der Waals surface area contributed by atoms with E-state index < -0.39 is 18.0 Å². The van der Waals surface area contributed by atoms with Crippen LogP contribution in [0.5, 0.6) is 0 Å². The van der Waals surface area contributed by atoms with E-state index in [1.807, 2.05) is 13.1 Å². The predicted octanol–water partition coefficient (Wildman–Crippen LogP) is 2.95. The summed E-state index contributed by atoms with van der Waals surface area (Å²) in [6, 6.07) is 8.88. The topological polar surface area (TPSA) is 99.5 Å². The smallest absolute Gasteiger partial charge is 0.316 e. The average Bonchev–Trinajstić information content (AvgIpc) is 2.74. The Morgan fingerprint density at radius 1 is 1.24 bits per heavy atom. The number of para-hydroxylation sites is 1. The van der Waals surface area contributed by atoms with Crippen LogP contribution in [0.15, 0.2) is 24.3 Å². The Bertz CT molecular complexity index is 771. The van der Waals surface area contributed by atoms with Crippen molar-refractivity contribution in [3.05, 3.63) is 29.8 Å². The Labute approximate surface area is 175 Å².